The van der Waals surface area contributed by atoms with Crippen LogP contribution in [0.2, 0.25) is 0 Å². The summed E-state index contributed by atoms with van der Waals surface area (Å²) in [5.74, 6) is -1.31. The number of aryl methyl sites for hydroxylation is 1. The number of aromatic nitrogens is 3. The quantitative estimate of drug-likeness (QED) is 0.493. The fraction of sp³-hybridized carbons (Fsp3) is 0.0952. The highest BCUT2D eigenvalue weighted by Crippen LogP contribution is 2.32. The molecule has 11 heteroatoms. The van der Waals surface area contributed by atoms with E-state index in [1.165, 1.54) is 44.8 Å². The SMILES string of the molecule is COc1ncc(-c2cn3c(=O)ccnc3cc2F)cc1NS(=O)(=O)c1ccc(F)cc1C. The molecule has 3 heterocycles. The minimum Gasteiger partial charge on any atom is -0.480 e. The number of nitrogens with zero attached hydrogens (tertiary/aromatic N) is 3. The lowest BCUT2D eigenvalue weighted by Crippen LogP contribution is -2.16. The summed E-state index contributed by atoms with van der Waals surface area (Å²) in [4.78, 5) is 20.0. The Morgan fingerprint density at radius 3 is 2.59 bits per heavy atom. The van der Waals surface area contributed by atoms with Gasteiger partial charge in [-0.1, -0.05) is 0 Å². The molecule has 0 atom stereocenters. The van der Waals surface area contributed by atoms with Gasteiger partial charge >= 0.3 is 0 Å². The van der Waals surface area contributed by atoms with E-state index in [4.69, 9.17) is 4.74 Å². The molecule has 32 heavy (non-hydrogen) atoms. The molecule has 0 bridgehead atoms. The number of hydrogen-bond donors (Lipinski definition) is 1. The molecule has 0 saturated heterocycles. The first kappa shape index (κ1) is 21.4. The van der Waals surface area contributed by atoms with Gasteiger partial charge in [-0.3, -0.25) is 13.9 Å². The average Bonchev–Trinajstić information content (AvgIpc) is 2.73. The van der Waals surface area contributed by atoms with Gasteiger partial charge in [-0.25, -0.2) is 27.2 Å². The molecule has 0 amide bonds. The number of methoxy groups -OCH3 is 1. The average molecular weight is 458 g/mol. The standard InChI is InChI=1S/C21H16F2N4O4S/c1-12-7-14(22)3-4-18(12)32(29,30)26-17-8-13(10-25-21(17)31-2)15-11-27-19(9-16(15)23)24-6-5-20(27)28/h3-11,26H,1-2H3. The lowest BCUT2D eigenvalue weighted by atomic mass is 10.1. The van der Waals surface area contributed by atoms with Crippen molar-refractivity contribution in [1.29, 1.82) is 0 Å². The van der Waals surface area contributed by atoms with Crippen molar-refractivity contribution in [1.82, 2.24) is 14.4 Å². The van der Waals surface area contributed by atoms with E-state index in [-0.39, 0.29) is 38.8 Å². The van der Waals surface area contributed by atoms with Crippen LogP contribution in [0.25, 0.3) is 16.8 Å². The van der Waals surface area contributed by atoms with Crippen LogP contribution < -0.4 is 15.0 Å². The second-order valence-electron chi connectivity index (χ2n) is 6.84. The van der Waals surface area contributed by atoms with Crippen molar-refractivity contribution in [2.45, 2.75) is 11.8 Å². The number of halogens is 2. The number of hydrogen-bond acceptors (Lipinski definition) is 6. The summed E-state index contributed by atoms with van der Waals surface area (Å²) in [7, 11) is -2.84. The summed E-state index contributed by atoms with van der Waals surface area (Å²) in [5, 5.41) is 0. The number of nitrogens with one attached hydrogen (secondary N) is 1. The molecule has 8 nitrogen and oxygen atoms in total. The molecule has 164 valence electrons. The van der Waals surface area contributed by atoms with Crippen molar-refractivity contribution in [2.75, 3.05) is 11.8 Å². The molecule has 1 aromatic carbocycles. The zero-order valence-electron chi connectivity index (χ0n) is 16.8. The third kappa shape index (κ3) is 3.89. The van der Waals surface area contributed by atoms with E-state index >= 15 is 0 Å². The van der Waals surface area contributed by atoms with Crippen LogP contribution in [0.15, 0.2) is 64.7 Å². The Labute approximate surface area is 181 Å². The van der Waals surface area contributed by atoms with Crippen molar-refractivity contribution in [2.24, 2.45) is 0 Å². The fourth-order valence-corrected chi connectivity index (χ4v) is 4.49. The fourth-order valence-electron chi connectivity index (χ4n) is 3.21. The van der Waals surface area contributed by atoms with Crippen LogP contribution in [-0.2, 0) is 10.0 Å². The van der Waals surface area contributed by atoms with Crippen molar-refractivity contribution in [3.63, 3.8) is 0 Å². The van der Waals surface area contributed by atoms with Gasteiger partial charge in [0.25, 0.3) is 15.6 Å². The predicted octanol–water partition coefficient (Wildman–Crippen LogP) is 3.15. The Bertz CT molecular complexity index is 1520. The zero-order chi connectivity index (χ0) is 23.0. The number of sulfonamides is 1. The first-order chi connectivity index (χ1) is 15.2. The predicted molar refractivity (Wildman–Crippen MR) is 113 cm³/mol. The van der Waals surface area contributed by atoms with Gasteiger partial charge in [0.1, 0.15) is 23.0 Å². The van der Waals surface area contributed by atoms with Gasteiger partial charge in [0.05, 0.1) is 12.0 Å². The normalized spacial score (nSPS) is 11.5. The number of anilines is 1. The second kappa shape index (κ2) is 8.00. The molecule has 1 N–H and O–H groups in total. The van der Waals surface area contributed by atoms with Crippen LogP contribution >= 0.6 is 0 Å². The van der Waals surface area contributed by atoms with E-state index in [9.17, 15) is 22.0 Å². The maximum atomic E-state index is 14.8. The van der Waals surface area contributed by atoms with Crippen LogP contribution in [-0.4, -0.2) is 29.9 Å². The van der Waals surface area contributed by atoms with Gasteiger partial charge in [-0.05, 0) is 36.8 Å². The number of pyridine rings is 2. The van der Waals surface area contributed by atoms with Gasteiger partial charge in [-0.2, -0.15) is 0 Å². The summed E-state index contributed by atoms with van der Waals surface area (Å²) in [6.07, 6.45) is 3.81. The van der Waals surface area contributed by atoms with Crippen LogP contribution in [0.5, 0.6) is 5.88 Å². The van der Waals surface area contributed by atoms with Gasteiger partial charge < -0.3 is 4.74 Å². The van der Waals surface area contributed by atoms with Gasteiger partial charge in [0.2, 0.25) is 5.88 Å². The number of ether oxygens (including phenoxy) is 1. The zero-order valence-corrected chi connectivity index (χ0v) is 17.7. The Morgan fingerprint density at radius 2 is 1.88 bits per heavy atom. The number of rotatable bonds is 5. The summed E-state index contributed by atoms with van der Waals surface area (Å²) in [6, 6.07) is 6.91. The molecule has 3 aromatic heterocycles. The third-order valence-corrected chi connectivity index (χ3v) is 6.23. The number of benzene rings is 1. The summed E-state index contributed by atoms with van der Waals surface area (Å²) >= 11 is 0. The van der Waals surface area contributed by atoms with E-state index in [2.05, 4.69) is 14.7 Å². The van der Waals surface area contributed by atoms with E-state index in [0.717, 1.165) is 28.7 Å². The summed E-state index contributed by atoms with van der Waals surface area (Å²) < 4.78 is 62.6. The molecule has 0 unspecified atom stereocenters. The lowest BCUT2D eigenvalue weighted by molar-refractivity contribution is 0.400. The Morgan fingerprint density at radius 1 is 1.09 bits per heavy atom. The van der Waals surface area contributed by atoms with E-state index < -0.39 is 27.2 Å². The molecule has 0 fully saturated rings. The van der Waals surface area contributed by atoms with Crippen LogP contribution in [0.3, 0.4) is 0 Å². The first-order valence-corrected chi connectivity index (χ1v) is 10.7. The summed E-state index contributed by atoms with van der Waals surface area (Å²) in [5.41, 5.74) is 0.0359. The molecule has 0 radical (unpaired) electrons. The molecule has 0 aliphatic rings. The van der Waals surface area contributed by atoms with Crippen molar-refractivity contribution >= 4 is 21.4 Å². The van der Waals surface area contributed by atoms with Gasteiger partial charge in [-0.15, -0.1) is 0 Å². The maximum Gasteiger partial charge on any atom is 0.262 e. The molecule has 4 aromatic rings. The molecular formula is C21H16F2N4O4S. The van der Waals surface area contributed by atoms with Crippen molar-refractivity contribution in [3.8, 4) is 17.0 Å². The van der Waals surface area contributed by atoms with Gasteiger partial charge in [0.15, 0.2) is 0 Å². The summed E-state index contributed by atoms with van der Waals surface area (Å²) in [6.45, 7) is 1.46. The lowest BCUT2D eigenvalue weighted by Gasteiger charge is -2.14. The highest BCUT2D eigenvalue weighted by molar-refractivity contribution is 7.92. The molecule has 0 aliphatic heterocycles. The smallest absolute Gasteiger partial charge is 0.262 e. The third-order valence-electron chi connectivity index (χ3n) is 4.71. The minimum atomic E-state index is -4.14. The van der Waals surface area contributed by atoms with Crippen LogP contribution in [0.4, 0.5) is 14.5 Å². The molecule has 0 saturated carbocycles. The van der Waals surface area contributed by atoms with Crippen molar-refractivity contribution in [3.05, 3.63) is 82.5 Å². The topological polar surface area (TPSA) is 103 Å². The van der Waals surface area contributed by atoms with E-state index in [1.54, 1.807) is 0 Å². The van der Waals surface area contributed by atoms with E-state index in [0.29, 0.717) is 0 Å². The molecular weight excluding hydrogens is 442 g/mol. The molecule has 0 aliphatic carbocycles. The molecule has 0 spiro atoms. The largest absolute Gasteiger partial charge is 0.480 e. The Kier molecular flexibility index (Phi) is 5.35. The highest BCUT2D eigenvalue weighted by Gasteiger charge is 2.21. The van der Waals surface area contributed by atoms with Crippen LogP contribution in [0.1, 0.15) is 5.56 Å². The van der Waals surface area contributed by atoms with Gasteiger partial charge in [0, 0.05) is 41.9 Å². The Balaban J connectivity index is 1.82. The van der Waals surface area contributed by atoms with Crippen molar-refractivity contribution < 1.29 is 21.9 Å². The first-order valence-electron chi connectivity index (χ1n) is 9.20. The highest BCUT2D eigenvalue weighted by atomic mass is 32.2. The molecule has 4 rings (SSSR count). The Hall–Kier alpha value is -3.86. The maximum absolute atomic E-state index is 14.8. The minimum absolute atomic E-state index is 0.00108. The number of fused-ring (bicyclic) bond motifs is 1. The van der Waals surface area contributed by atoms with Crippen LogP contribution in [0, 0.1) is 18.6 Å². The van der Waals surface area contributed by atoms with E-state index in [1.807, 2.05) is 0 Å². The second-order valence-corrected chi connectivity index (χ2v) is 8.49. The monoisotopic (exact) mass is 458 g/mol.